The summed E-state index contributed by atoms with van der Waals surface area (Å²) in [5.41, 5.74) is 0.942. The van der Waals surface area contributed by atoms with Gasteiger partial charge in [0.2, 0.25) is 5.91 Å². The van der Waals surface area contributed by atoms with Gasteiger partial charge >= 0.3 is 0 Å². The van der Waals surface area contributed by atoms with Crippen molar-refractivity contribution in [3.05, 3.63) is 34.3 Å². The highest BCUT2D eigenvalue weighted by Crippen LogP contribution is 2.23. The Labute approximate surface area is 156 Å². The van der Waals surface area contributed by atoms with E-state index in [1.165, 1.54) is 23.1 Å². The van der Waals surface area contributed by atoms with Crippen molar-refractivity contribution < 1.29 is 4.79 Å². The second-order valence-corrected chi connectivity index (χ2v) is 8.95. The summed E-state index contributed by atoms with van der Waals surface area (Å²) in [5.74, 6) is 1.07. The molecule has 1 aromatic carbocycles. The normalized spacial score (nSPS) is 12.3. The molecule has 0 fully saturated rings. The Kier molecular flexibility index (Phi) is 7.45. The minimum atomic E-state index is 0.0450. The molecule has 0 aliphatic rings. The second kappa shape index (κ2) is 9.34. The molecule has 7 heteroatoms. The molecule has 0 aliphatic carbocycles. The molecule has 0 radical (unpaired) electrons. The summed E-state index contributed by atoms with van der Waals surface area (Å²) < 4.78 is 3.24. The molecule has 4 nitrogen and oxygen atoms in total. The zero-order valence-corrected chi connectivity index (χ0v) is 16.6. The lowest BCUT2D eigenvalue weighted by Crippen LogP contribution is -2.34. The molecular formula is C17H23N3OS3. The van der Waals surface area contributed by atoms with Crippen molar-refractivity contribution in [2.75, 3.05) is 5.75 Å². The SMILES string of the molecule is CC(C)CCC(C)NC(=O)CSc1nn(-c2ccccc2)c(=S)s1. The molecule has 0 spiro atoms. The van der Waals surface area contributed by atoms with Crippen LogP contribution in [0.4, 0.5) is 0 Å². The van der Waals surface area contributed by atoms with Gasteiger partial charge in [-0.15, -0.1) is 5.10 Å². The van der Waals surface area contributed by atoms with Gasteiger partial charge in [-0.2, -0.15) is 0 Å². The highest BCUT2D eigenvalue weighted by Gasteiger charge is 2.11. The van der Waals surface area contributed by atoms with Crippen LogP contribution in [0.25, 0.3) is 5.69 Å². The quantitative estimate of drug-likeness (QED) is 0.532. The van der Waals surface area contributed by atoms with E-state index in [1.54, 1.807) is 4.68 Å². The highest BCUT2D eigenvalue weighted by atomic mass is 32.2. The molecule has 0 saturated heterocycles. The van der Waals surface area contributed by atoms with Crippen LogP contribution in [-0.4, -0.2) is 27.5 Å². The van der Waals surface area contributed by atoms with Crippen LogP contribution in [0.2, 0.25) is 0 Å². The van der Waals surface area contributed by atoms with Crippen molar-refractivity contribution in [2.45, 2.75) is 44.0 Å². The molecule has 1 atom stereocenters. The Morgan fingerprint density at radius 1 is 1.29 bits per heavy atom. The maximum absolute atomic E-state index is 12.0. The lowest BCUT2D eigenvalue weighted by Gasteiger charge is -2.14. The van der Waals surface area contributed by atoms with Crippen LogP contribution >= 0.6 is 35.3 Å². The van der Waals surface area contributed by atoms with Crippen molar-refractivity contribution in [1.82, 2.24) is 15.1 Å². The van der Waals surface area contributed by atoms with E-state index in [4.69, 9.17) is 12.2 Å². The molecule has 1 unspecified atom stereocenters. The molecule has 2 aromatic rings. The lowest BCUT2D eigenvalue weighted by atomic mass is 10.0. The third-order valence-corrected chi connectivity index (χ3v) is 5.81. The Morgan fingerprint density at radius 2 is 2.00 bits per heavy atom. The fourth-order valence-electron chi connectivity index (χ4n) is 2.15. The number of rotatable bonds is 8. The van der Waals surface area contributed by atoms with E-state index in [2.05, 4.69) is 31.2 Å². The maximum atomic E-state index is 12.0. The minimum absolute atomic E-state index is 0.0450. The topological polar surface area (TPSA) is 46.9 Å². The first-order valence-corrected chi connectivity index (χ1v) is 10.2. The Bertz CT molecular complexity index is 709. The Morgan fingerprint density at radius 3 is 2.67 bits per heavy atom. The van der Waals surface area contributed by atoms with Crippen LogP contribution in [0.5, 0.6) is 0 Å². The third-order valence-electron chi connectivity index (χ3n) is 3.44. The number of carbonyl (C=O) groups is 1. The Hall–Kier alpha value is -1.18. The summed E-state index contributed by atoms with van der Waals surface area (Å²) >= 11 is 8.23. The zero-order valence-electron chi connectivity index (χ0n) is 14.2. The average Bonchev–Trinajstić information content (AvgIpc) is 2.93. The minimum Gasteiger partial charge on any atom is -0.353 e. The molecule has 0 aliphatic heterocycles. The largest absolute Gasteiger partial charge is 0.353 e. The summed E-state index contributed by atoms with van der Waals surface area (Å²) in [7, 11) is 0. The van der Waals surface area contributed by atoms with E-state index in [9.17, 15) is 4.79 Å². The van der Waals surface area contributed by atoms with Crippen LogP contribution in [-0.2, 0) is 4.79 Å². The highest BCUT2D eigenvalue weighted by molar-refractivity contribution is 8.01. The van der Waals surface area contributed by atoms with Crippen molar-refractivity contribution in [2.24, 2.45) is 5.92 Å². The number of carbonyl (C=O) groups excluding carboxylic acids is 1. The van der Waals surface area contributed by atoms with Crippen molar-refractivity contribution in [1.29, 1.82) is 0 Å². The predicted molar refractivity (Wildman–Crippen MR) is 105 cm³/mol. The molecule has 1 N–H and O–H groups in total. The number of aromatic nitrogens is 2. The fourth-order valence-corrected chi connectivity index (χ4v) is 4.32. The monoisotopic (exact) mass is 381 g/mol. The van der Waals surface area contributed by atoms with Crippen LogP contribution in [0, 0.1) is 9.87 Å². The fraction of sp³-hybridized carbons (Fsp3) is 0.471. The predicted octanol–water partition coefficient (Wildman–Crippen LogP) is 4.70. The number of amides is 1. The van der Waals surface area contributed by atoms with Crippen LogP contribution < -0.4 is 5.32 Å². The van der Waals surface area contributed by atoms with Gasteiger partial charge in [-0.3, -0.25) is 4.79 Å². The lowest BCUT2D eigenvalue weighted by molar-refractivity contribution is -0.119. The van der Waals surface area contributed by atoms with Gasteiger partial charge in [0.1, 0.15) is 0 Å². The molecular weight excluding hydrogens is 358 g/mol. The molecule has 1 aromatic heterocycles. The summed E-state index contributed by atoms with van der Waals surface area (Å²) in [4.78, 5) is 12.0. The van der Waals surface area contributed by atoms with E-state index >= 15 is 0 Å². The number of benzene rings is 1. The molecule has 1 amide bonds. The summed E-state index contributed by atoms with van der Waals surface area (Å²) in [5, 5.41) is 7.55. The first-order valence-electron chi connectivity index (χ1n) is 8.03. The number of nitrogens with zero attached hydrogens (tertiary/aromatic N) is 2. The van der Waals surface area contributed by atoms with Gasteiger partial charge in [-0.25, -0.2) is 4.68 Å². The third kappa shape index (κ3) is 6.03. The molecule has 24 heavy (non-hydrogen) atoms. The van der Waals surface area contributed by atoms with E-state index in [0.29, 0.717) is 15.6 Å². The molecule has 130 valence electrons. The molecule has 0 saturated carbocycles. The van der Waals surface area contributed by atoms with Gasteiger partial charge in [-0.1, -0.05) is 55.1 Å². The van der Waals surface area contributed by atoms with Crippen molar-refractivity contribution in [3.63, 3.8) is 0 Å². The smallest absolute Gasteiger partial charge is 0.230 e. The molecule has 1 heterocycles. The summed E-state index contributed by atoms with van der Waals surface area (Å²) in [6.07, 6.45) is 2.13. The number of thioether (sulfide) groups is 1. The zero-order chi connectivity index (χ0) is 17.5. The van der Waals surface area contributed by atoms with Gasteiger partial charge in [-0.05, 0) is 50.0 Å². The molecule has 2 rings (SSSR count). The van der Waals surface area contributed by atoms with Gasteiger partial charge in [0.25, 0.3) is 0 Å². The van der Waals surface area contributed by atoms with Crippen LogP contribution in [0.15, 0.2) is 34.7 Å². The first-order chi connectivity index (χ1) is 11.5. The molecule has 0 bridgehead atoms. The van der Waals surface area contributed by atoms with Crippen molar-refractivity contribution in [3.8, 4) is 5.69 Å². The van der Waals surface area contributed by atoms with Crippen LogP contribution in [0.3, 0.4) is 0 Å². The number of para-hydroxylation sites is 1. The average molecular weight is 382 g/mol. The standard InChI is InChI=1S/C17H23N3OS3/c1-12(2)9-10-13(3)18-15(21)11-23-16-19-20(17(22)24-16)14-7-5-4-6-8-14/h4-8,12-13H,9-11H2,1-3H3,(H,18,21). The van der Waals surface area contributed by atoms with Gasteiger partial charge < -0.3 is 5.32 Å². The van der Waals surface area contributed by atoms with E-state index < -0.39 is 0 Å². The van der Waals surface area contributed by atoms with Gasteiger partial charge in [0.15, 0.2) is 8.29 Å². The van der Waals surface area contributed by atoms with Crippen molar-refractivity contribution >= 4 is 41.2 Å². The van der Waals surface area contributed by atoms with E-state index in [0.717, 1.165) is 22.9 Å². The second-order valence-electron chi connectivity index (χ2n) is 6.11. The summed E-state index contributed by atoms with van der Waals surface area (Å²) in [6, 6.07) is 10.0. The number of nitrogens with one attached hydrogen (secondary N) is 1. The number of hydrogen-bond donors (Lipinski definition) is 1. The summed E-state index contributed by atoms with van der Waals surface area (Å²) in [6.45, 7) is 6.45. The van der Waals surface area contributed by atoms with E-state index in [1.807, 2.05) is 30.3 Å². The Balaban J connectivity index is 1.86. The first kappa shape index (κ1) is 19.1. The van der Waals surface area contributed by atoms with Crippen LogP contribution in [0.1, 0.15) is 33.6 Å². The maximum Gasteiger partial charge on any atom is 0.230 e. The van der Waals surface area contributed by atoms with Gasteiger partial charge in [0, 0.05) is 6.04 Å². The van der Waals surface area contributed by atoms with E-state index in [-0.39, 0.29) is 11.9 Å². The number of hydrogen-bond acceptors (Lipinski definition) is 5. The van der Waals surface area contributed by atoms with Gasteiger partial charge in [0.05, 0.1) is 11.4 Å².